The molecule has 2 heterocycles. The maximum atomic E-state index is 5.25. The van der Waals surface area contributed by atoms with Crippen molar-refractivity contribution in [3.8, 4) is 0 Å². The van der Waals surface area contributed by atoms with E-state index in [4.69, 9.17) is 4.74 Å². The molecule has 16 heavy (non-hydrogen) atoms. The molecule has 3 heteroatoms. The average molecular weight is 214 g/mol. The van der Waals surface area contributed by atoms with Crippen LogP contribution >= 0.6 is 0 Å². The van der Waals surface area contributed by atoms with E-state index >= 15 is 0 Å². The van der Waals surface area contributed by atoms with Crippen molar-refractivity contribution in [2.75, 3.05) is 12.4 Å². The number of aryl methyl sites for hydroxylation is 1. The quantitative estimate of drug-likeness (QED) is 0.779. The van der Waals surface area contributed by atoms with Gasteiger partial charge in [-0.2, -0.15) is 0 Å². The monoisotopic (exact) mass is 214 g/mol. The predicted molar refractivity (Wildman–Crippen MR) is 63.4 cm³/mol. The molecule has 0 saturated heterocycles. The second-order valence-electron chi connectivity index (χ2n) is 4.19. The molecule has 82 valence electrons. The van der Waals surface area contributed by atoms with Crippen molar-refractivity contribution < 1.29 is 4.74 Å². The molecular weight excluding hydrogens is 200 g/mol. The maximum absolute atomic E-state index is 5.25. The number of pyridine rings is 1. The summed E-state index contributed by atoms with van der Waals surface area (Å²) in [6.07, 6.45) is 8.24. The van der Waals surface area contributed by atoms with Gasteiger partial charge in [0.15, 0.2) is 0 Å². The highest BCUT2D eigenvalue weighted by molar-refractivity contribution is 5.65. The SMILES string of the molecule is COC1=CC2Nc3c(ccnc3C)C2C=C1. The minimum Gasteiger partial charge on any atom is -0.497 e. The fraction of sp³-hybridized carbons (Fsp3) is 0.308. The first-order chi connectivity index (χ1) is 7.79. The van der Waals surface area contributed by atoms with E-state index in [9.17, 15) is 0 Å². The van der Waals surface area contributed by atoms with E-state index in [0.717, 1.165) is 11.5 Å². The number of methoxy groups -OCH3 is 1. The van der Waals surface area contributed by atoms with Gasteiger partial charge < -0.3 is 10.1 Å². The lowest BCUT2D eigenvalue weighted by atomic mass is 9.91. The fourth-order valence-electron chi connectivity index (χ4n) is 2.44. The first-order valence-electron chi connectivity index (χ1n) is 5.45. The summed E-state index contributed by atoms with van der Waals surface area (Å²) < 4.78 is 5.25. The first-order valence-corrected chi connectivity index (χ1v) is 5.45. The van der Waals surface area contributed by atoms with Gasteiger partial charge in [-0.05, 0) is 30.7 Å². The van der Waals surface area contributed by atoms with Gasteiger partial charge >= 0.3 is 0 Å². The molecule has 0 fully saturated rings. The molecular formula is C13H14N2O. The highest BCUT2D eigenvalue weighted by Crippen LogP contribution is 2.40. The van der Waals surface area contributed by atoms with Crippen molar-refractivity contribution in [3.05, 3.63) is 47.5 Å². The zero-order valence-corrected chi connectivity index (χ0v) is 9.40. The van der Waals surface area contributed by atoms with Gasteiger partial charge in [-0.1, -0.05) is 6.08 Å². The van der Waals surface area contributed by atoms with Gasteiger partial charge in [0.25, 0.3) is 0 Å². The van der Waals surface area contributed by atoms with Crippen LogP contribution in [0.15, 0.2) is 36.3 Å². The van der Waals surface area contributed by atoms with Gasteiger partial charge in [-0.15, -0.1) is 0 Å². The van der Waals surface area contributed by atoms with Crippen molar-refractivity contribution in [2.45, 2.75) is 18.9 Å². The summed E-state index contributed by atoms with van der Waals surface area (Å²) >= 11 is 0. The minimum absolute atomic E-state index is 0.304. The molecule has 1 aliphatic heterocycles. The molecule has 0 radical (unpaired) electrons. The summed E-state index contributed by atoms with van der Waals surface area (Å²) in [5, 5.41) is 3.50. The lowest BCUT2D eigenvalue weighted by Gasteiger charge is -2.18. The second kappa shape index (κ2) is 3.37. The largest absolute Gasteiger partial charge is 0.497 e. The number of hydrogen-bond acceptors (Lipinski definition) is 3. The van der Waals surface area contributed by atoms with Crippen molar-refractivity contribution >= 4 is 5.69 Å². The van der Waals surface area contributed by atoms with Crippen LogP contribution in [0.5, 0.6) is 0 Å². The average Bonchev–Trinajstić information content (AvgIpc) is 2.68. The Morgan fingerprint density at radius 3 is 3.12 bits per heavy atom. The van der Waals surface area contributed by atoms with Crippen molar-refractivity contribution in [2.24, 2.45) is 0 Å². The number of aromatic nitrogens is 1. The van der Waals surface area contributed by atoms with Gasteiger partial charge in [-0.25, -0.2) is 0 Å². The zero-order valence-electron chi connectivity index (χ0n) is 9.40. The first kappa shape index (κ1) is 9.46. The highest BCUT2D eigenvalue weighted by atomic mass is 16.5. The summed E-state index contributed by atoms with van der Waals surface area (Å²) in [7, 11) is 1.70. The normalized spacial score (nSPS) is 25.5. The van der Waals surface area contributed by atoms with E-state index in [-0.39, 0.29) is 0 Å². The van der Waals surface area contributed by atoms with Crippen LogP contribution in [0.4, 0.5) is 5.69 Å². The Labute approximate surface area is 94.8 Å². The molecule has 1 aliphatic carbocycles. The Balaban J connectivity index is 2.04. The lowest BCUT2D eigenvalue weighted by molar-refractivity contribution is 0.302. The van der Waals surface area contributed by atoms with Crippen LogP contribution in [-0.4, -0.2) is 18.1 Å². The third kappa shape index (κ3) is 1.24. The van der Waals surface area contributed by atoms with Crippen molar-refractivity contribution in [1.29, 1.82) is 0 Å². The molecule has 1 N–H and O–H groups in total. The number of ether oxygens (including phenoxy) is 1. The lowest BCUT2D eigenvalue weighted by Crippen LogP contribution is -2.19. The number of nitrogens with one attached hydrogen (secondary N) is 1. The third-order valence-electron chi connectivity index (χ3n) is 3.28. The van der Waals surface area contributed by atoms with E-state index in [1.807, 2.05) is 19.2 Å². The Morgan fingerprint density at radius 2 is 2.31 bits per heavy atom. The Kier molecular flexibility index (Phi) is 1.99. The molecule has 2 aliphatic rings. The van der Waals surface area contributed by atoms with Gasteiger partial charge in [0, 0.05) is 12.1 Å². The third-order valence-corrected chi connectivity index (χ3v) is 3.28. The summed E-state index contributed by atoms with van der Waals surface area (Å²) in [5.41, 5.74) is 3.57. The van der Waals surface area contributed by atoms with Crippen LogP contribution < -0.4 is 5.32 Å². The van der Waals surface area contributed by atoms with E-state index < -0.39 is 0 Å². The molecule has 0 saturated carbocycles. The number of nitrogens with zero attached hydrogens (tertiary/aromatic N) is 1. The minimum atomic E-state index is 0.304. The van der Waals surface area contributed by atoms with E-state index in [1.165, 1.54) is 11.3 Å². The van der Waals surface area contributed by atoms with Crippen LogP contribution in [0.25, 0.3) is 0 Å². The number of hydrogen-bond donors (Lipinski definition) is 1. The van der Waals surface area contributed by atoms with Crippen LogP contribution in [0, 0.1) is 6.92 Å². The van der Waals surface area contributed by atoms with Crippen molar-refractivity contribution in [1.82, 2.24) is 4.98 Å². The Bertz CT molecular complexity index is 491. The molecule has 0 aromatic carbocycles. The fourth-order valence-corrected chi connectivity index (χ4v) is 2.44. The maximum Gasteiger partial charge on any atom is 0.116 e. The van der Waals surface area contributed by atoms with Gasteiger partial charge in [0.05, 0.1) is 24.5 Å². The number of anilines is 1. The van der Waals surface area contributed by atoms with E-state index in [0.29, 0.717) is 12.0 Å². The van der Waals surface area contributed by atoms with Gasteiger partial charge in [0.1, 0.15) is 5.76 Å². The Morgan fingerprint density at radius 1 is 1.44 bits per heavy atom. The summed E-state index contributed by atoms with van der Waals surface area (Å²) in [6.45, 7) is 2.04. The Hall–Kier alpha value is -1.77. The molecule has 1 aromatic heterocycles. The molecule has 2 atom stereocenters. The van der Waals surface area contributed by atoms with Crippen LogP contribution in [-0.2, 0) is 4.74 Å². The van der Waals surface area contributed by atoms with Crippen LogP contribution in [0.2, 0.25) is 0 Å². The smallest absolute Gasteiger partial charge is 0.116 e. The standard InChI is InChI=1S/C13H14N2O/c1-8-13-11(5-6-14-8)10-4-3-9(16-2)7-12(10)15-13/h3-7,10,12,15H,1-2H3. The van der Waals surface area contributed by atoms with E-state index in [2.05, 4.69) is 28.5 Å². The van der Waals surface area contributed by atoms with Crippen LogP contribution in [0.3, 0.4) is 0 Å². The molecule has 0 spiro atoms. The highest BCUT2D eigenvalue weighted by Gasteiger charge is 2.32. The predicted octanol–water partition coefficient (Wildman–Crippen LogP) is 2.37. The molecule has 3 nitrogen and oxygen atoms in total. The molecule has 0 bridgehead atoms. The number of rotatable bonds is 1. The van der Waals surface area contributed by atoms with E-state index in [1.54, 1.807) is 7.11 Å². The summed E-state index contributed by atoms with van der Waals surface area (Å²) in [5.74, 6) is 1.34. The number of fused-ring (bicyclic) bond motifs is 3. The zero-order chi connectivity index (χ0) is 11.1. The second-order valence-corrected chi connectivity index (χ2v) is 4.19. The molecule has 0 amide bonds. The van der Waals surface area contributed by atoms with Crippen molar-refractivity contribution in [3.63, 3.8) is 0 Å². The van der Waals surface area contributed by atoms with Gasteiger partial charge in [-0.3, -0.25) is 4.98 Å². The summed E-state index contributed by atoms with van der Waals surface area (Å²) in [6, 6.07) is 2.40. The van der Waals surface area contributed by atoms with Gasteiger partial charge in [0.2, 0.25) is 0 Å². The van der Waals surface area contributed by atoms with Crippen LogP contribution in [0.1, 0.15) is 17.2 Å². The molecule has 1 aromatic rings. The summed E-state index contributed by atoms with van der Waals surface area (Å²) in [4.78, 5) is 4.31. The number of allylic oxidation sites excluding steroid dienone is 1. The topological polar surface area (TPSA) is 34.1 Å². The molecule has 3 rings (SSSR count). The molecule has 2 unspecified atom stereocenters.